The Labute approximate surface area is 170 Å². The molecule has 0 radical (unpaired) electrons. The number of hydrogen-bond donors (Lipinski definition) is 2. The summed E-state index contributed by atoms with van der Waals surface area (Å²) >= 11 is 5.83. The van der Waals surface area contributed by atoms with E-state index in [9.17, 15) is 9.59 Å². The number of hydrogen-bond acceptors (Lipinski definition) is 3. The fourth-order valence-corrected chi connectivity index (χ4v) is 3.27. The Kier molecular flexibility index (Phi) is 7.28. The summed E-state index contributed by atoms with van der Waals surface area (Å²) < 4.78 is 5.56. The summed E-state index contributed by atoms with van der Waals surface area (Å²) in [5.74, 6) is 0.782. The van der Waals surface area contributed by atoms with E-state index in [4.69, 9.17) is 16.3 Å². The van der Waals surface area contributed by atoms with Gasteiger partial charge in [-0.2, -0.15) is 0 Å². The van der Waals surface area contributed by atoms with E-state index in [2.05, 4.69) is 5.32 Å². The minimum absolute atomic E-state index is 0.00228. The van der Waals surface area contributed by atoms with Crippen molar-refractivity contribution in [3.8, 4) is 5.75 Å². The molecule has 2 N–H and O–H groups in total. The molecule has 1 saturated heterocycles. The molecule has 2 amide bonds. The van der Waals surface area contributed by atoms with Gasteiger partial charge in [0.2, 0.25) is 0 Å². The Morgan fingerprint density at radius 1 is 1.04 bits per heavy atom. The molecular weight excluding hydrogens is 378 g/mol. The standard InChI is InChI=1S/C21H24ClN3O3/c22-18-6-8-19(9-7-18)28-15-10-23-20(26)16-24-11-13-25(14-12-24)21(27)17-4-2-1-3-5-17/h1-9H,10-16H2,(H,23,26)/p+1. The van der Waals surface area contributed by atoms with Crippen LogP contribution in [0.25, 0.3) is 0 Å². The number of piperazine rings is 1. The largest absolute Gasteiger partial charge is 0.492 e. The molecule has 28 heavy (non-hydrogen) atoms. The predicted molar refractivity (Wildman–Crippen MR) is 108 cm³/mol. The van der Waals surface area contributed by atoms with Crippen LogP contribution in [0.1, 0.15) is 10.4 Å². The number of carbonyl (C=O) groups is 2. The Bertz CT molecular complexity index is 775. The van der Waals surface area contributed by atoms with E-state index in [1.165, 1.54) is 4.90 Å². The lowest BCUT2D eigenvalue weighted by atomic mass is 10.2. The maximum atomic E-state index is 12.5. The summed E-state index contributed by atoms with van der Waals surface area (Å²) in [6, 6.07) is 16.4. The molecule has 0 unspecified atom stereocenters. The molecule has 1 fully saturated rings. The number of rotatable bonds is 7. The van der Waals surface area contributed by atoms with Gasteiger partial charge in [-0.25, -0.2) is 0 Å². The van der Waals surface area contributed by atoms with Crippen LogP contribution in [0.5, 0.6) is 5.75 Å². The molecule has 7 heteroatoms. The van der Waals surface area contributed by atoms with Crippen molar-refractivity contribution in [3.05, 3.63) is 65.2 Å². The van der Waals surface area contributed by atoms with E-state index < -0.39 is 0 Å². The molecule has 0 bridgehead atoms. The zero-order valence-electron chi connectivity index (χ0n) is 15.7. The molecule has 1 aliphatic heterocycles. The SMILES string of the molecule is O=C(C[NH+]1CCN(C(=O)c2ccccc2)CC1)NCCOc1ccc(Cl)cc1. The number of halogens is 1. The van der Waals surface area contributed by atoms with Gasteiger partial charge in [0.15, 0.2) is 6.54 Å². The molecule has 0 atom stereocenters. The van der Waals surface area contributed by atoms with Crippen LogP contribution in [-0.4, -0.2) is 62.6 Å². The van der Waals surface area contributed by atoms with Crippen LogP contribution >= 0.6 is 11.6 Å². The third-order valence-corrected chi connectivity index (χ3v) is 4.95. The van der Waals surface area contributed by atoms with Crippen molar-refractivity contribution >= 4 is 23.4 Å². The smallest absolute Gasteiger partial charge is 0.275 e. The number of benzene rings is 2. The Morgan fingerprint density at radius 2 is 1.71 bits per heavy atom. The maximum absolute atomic E-state index is 12.5. The summed E-state index contributed by atoms with van der Waals surface area (Å²) in [6.07, 6.45) is 0. The number of quaternary nitrogens is 1. The van der Waals surface area contributed by atoms with Crippen LogP contribution in [0, 0.1) is 0 Å². The highest BCUT2D eigenvalue weighted by Crippen LogP contribution is 2.15. The van der Waals surface area contributed by atoms with Gasteiger partial charge in [-0.1, -0.05) is 29.8 Å². The first-order valence-corrected chi connectivity index (χ1v) is 9.82. The topological polar surface area (TPSA) is 63.1 Å². The van der Waals surface area contributed by atoms with Gasteiger partial charge < -0.3 is 19.9 Å². The second kappa shape index (κ2) is 10.1. The summed E-state index contributed by atoms with van der Waals surface area (Å²) in [5, 5.41) is 3.54. The van der Waals surface area contributed by atoms with Crippen LogP contribution in [0.15, 0.2) is 54.6 Å². The van der Waals surface area contributed by atoms with Gasteiger partial charge >= 0.3 is 0 Å². The van der Waals surface area contributed by atoms with E-state index >= 15 is 0 Å². The Morgan fingerprint density at radius 3 is 2.39 bits per heavy atom. The van der Waals surface area contributed by atoms with Crippen molar-refractivity contribution in [2.75, 3.05) is 45.9 Å². The van der Waals surface area contributed by atoms with Gasteiger partial charge in [0.1, 0.15) is 12.4 Å². The molecule has 0 aliphatic carbocycles. The highest BCUT2D eigenvalue weighted by atomic mass is 35.5. The van der Waals surface area contributed by atoms with Crippen molar-refractivity contribution in [2.45, 2.75) is 0 Å². The zero-order chi connectivity index (χ0) is 19.8. The first-order chi connectivity index (χ1) is 13.6. The highest BCUT2D eigenvalue weighted by molar-refractivity contribution is 6.30. The van der Waals surface area contributed by atoms with E-state index in [0.29, 0.717) is 43.4 Å². The maximum Gasteiger partial charge on any atom is 0.275 e. The van der Waals surface area contributed by atoms with Gasteiger partial charge in [-0.15, -0.1) is 0 Å². The first kappa shape index (κ1) is 20.2. The van der Waals surface area contributed by atoms with E-state index in [1.807, 2.05) is 35.2 Å². The Hall–Kier alpha value is -2.57. The minimum atomic E-state index is -0.00228. The summed E-state index contributed by atoms with van der Waals surface area (Å²) in [7, 11) is 0. The number of carbonyl (C=O) groups excluding carboxylic acids is 2. The van der Waals surface area contributed by atoms with Crippen LogP contribution in [-0.2, 0) is 4.79 Å². The number of amides is 2. The predicted octanol–water partition coefficient (Wildman–Crippen LogP) is 0.876. The minimum Gasteiger partial charge on any atom is -0.492 e. The monoisotopic (exact) mass is 402 g/mol. The lowest BCUT2D eigenvalue weighted by Crippen LogP contribution is -3.15. The van der Waals surface area contributed by atoms with Gasteiger partial charge in [0.25, 0.3) is 11.8 Å². The lowest BCUT2D eigenvalue weighted by molar-refractivity contribution is -0.896. The van der Waals surface area contributed by atoms with Crippen LogP contribution in [0.2, 0.25) is 5.02 Å². The fraction of sp³-hybridized carbons (Fsp3) is 0.333. The quantitative estimate of drug-likeness (QED) is 0.676. The van der Waals surface area contributed by atoms with Crippen LogP contribution < -0.4 is 15.0 Å². The van der Waals surface area contributed by atoms with E-state index in [0.717, 1.165) is 18.8 Å². The molecular formula is C21H25ClN3O3+. The molecule has 2 aromatic carbocycles. The zero-order valence-corrected chi connectivity index (χ0v) is 16.5. The molecule has 0 spiro atoms. The average Bonchev–Trinajstić information content (AvgIpc) is 2.73. The van der Waals surface area contributed by atoms with Crippen LogP contribution in [0.3, 0.4) is 0 Å². The first-order valence-electron chi connectivity index (χ1n) is 9.45. The summed E-state index contributed by atoms with van der Waals surface area (Å²) in [6.45, 7) is 4.14. The molecule has 1 aliphatic rings. The average molecular weight is 403 g/mol. The fourth-order valence-electron chi connectivity index (χ4n) is 3.15. The third-order valence-electron chi connectivity index (χ3n) is 4.70. The summed E-state index contributed by atoms with van der Waals surface area (Å²) in [4.78, 5) is 27.6. The lowest BCUT2D eigenvalue weighted by Gasteiger charge is -2.32. The molecule has 0 saturated carbocycles. The molecule has 3 rings (SSSR count). The second-order valence-electron chi connectivity index (χ2n) is 6.74. The van der Waals surface area contributed by atoms with Gasteiger partial charge in [0.05, 0.1) is 32.7 Å². The van der Waals surface area contributed by atoms with Crippen molar-refractivity contribution in [1.82, 2.24) is 10.2 Å². The number of nitrogens with zero attached hydrogens (tertiary/aromatic N) is 1. The number of nitrogens with one attached hydrogen (secondary N) is 2. The van der Waals surface area contributed by atoms with Crippen LogP contribution in [0.4, 0.5) is 0 Å². The van der Waals surface area contributed by atoms with E-state index in [-0.39, 0.29) is 11.8 Å². The highest BCUT2D eigenvalue weighted by Gasteiger charge is 2.25. The van der Waals surface area contributed by atoms with Crippen molar-refractivity contribution in [1.29, 1.82) is 0 Å². The number of ether oxygens (including phenoxy) is 1. The van der Waals surface area contributed by atoms with Crippen molar-refractivity contribution in [3.63, 3.8) is 0 Å². The molecule has 0 aromatic heterocycles. The molecule has 2 aromatic rings. The molecule has 6 nitrogen and oxygen atoms in total. The molecule has 148 valence electrons. The van der Waals surface area contributed by atoms with Gasteiger partial charge in [-0.3, -0.25) is 9.59 Å². The van der Waals surface area contributed by atoms with Crippen molar-refractivity contribution < 1.29 is 19.2 Å². The second-order valence-corrected chi connectivity index (χ2v) is 7.17. The Balaban J connectivity index is 1.32. The molecule has 1 heterocycles. The summed E-state index contributed by atoms with van der Waals surface area (Å²) in [5.41, 5.74) is 0.712. The van der Waals surface area contributed by atoms with Crippen molar-refractivity contribution in [2.24, 2.45) is 0 Å². The third kappa shape index (κ3) is 5.97. The van der Waals surface area contributed by atoms with Gasteiger partial charge in [-0.05, 0) is 36.4 Å². The van der Waals surface area contributed by atoms with Gasteiger partial charge in [0, 0.05) is 10.6 Å². The normalized spacial score (nSPS) is 14.5. The van der Waals surface area contributed by atoms with E-state index in [1.54, 1.807) is 24.3 Å².